The summed E-state index contributed by atoms with van der Waals surface area (Å²) in [6, 6.07) is 16.3. The number of hydrogen-bond donors (Lipinski definition) is 1. The second-order valence-corrected chi connectivity index (χ2v) is 5.53. The Labute approximate surface area is 125 Å². The zero-order valence-corrected chi connectivity index (χ0v) is 12.4. The first-order valence-electron chi connectivity index (χ1n) is 7.22. The van der Waals surface area contributed by atoms with Gasteiger partial charge in [0.25, 0.3) is 0 Å². The molecule has 3 aromatic rings. The Hall–Kier alpha value is -2.42. The van der Waals surface area contributed by atoms with Crippen LogP contribution in [0.3, 0.4) is 0 Å². The second-order valence-electron chi connectivity index (χ2n) is 5.53. The number of para-hydroxylation sites is 1. The Balaban J connectivity index is 1.95. The molecule has 0 radical (unpaired) electrons. The molecule has 108 valence electrons. The summed E-state index contributed by atoms with van der Waals surface area (Å²) >= 11 is 0. The summed E-state index contributed by atoms with van der Waals surface area (Å²) in [5.41, 5.74) is 9.06. The van der Waals surface area contributed by atoms with E-state index in [1.165, 1.54) is 10.9 Å². The van der Waals surface area contributed by atoms with E-state index in [1.54, 1.807) is 0 Å². The van der Waals surface area contributed by atoms with Crippen LogP contribution in [-0.4, -0.2) is 4.57 Å². The van der Waals surface area contributed by atoms with Crippen molar-refractivity contribution in [3.63, 3.8) is 0 Å². The quantitative estimate of drug-likeness (QED) is 0.720. The molecule has 3 heteroatoms. The molecule has 0 saturated heterocycles. The molecular formula is C18H20N2O. The van der Waals surface area contributed by atoms with Crippen LogP contribution in [-0.2, 0) is 6.61 Å². The van der Waals surface area contributed by atoms with Gasteiger partial charge in [0.15, 0.2) is 0 Å². The summed E-state index contributed by atoms with van der Waals surface area (Å²) in [7, 11) is 0. The maximum atomic E-state index is 5.92. The standard InChI is InChI=1S/C18H20N2O/c1-13(2)20-11-14(12-21-16-6-4-3-5-7-16)17-9-8-15(19)10-18(17)20/h3-11,13H,12,19H2,1-2H3. The summed E-state index contributed by atoms with van der Waals surface area (Å²) in [5.74, 6) is 0.887. The third-order valence-corrected chi connectivity index (χ3v) is 3.63. The Morgan fingerprint density at radius 2 is 1.86 bits per heavy atom. The highest BCUT2D eigenvalue weighted by molar-refractivity contribution is 5.86. The first-order chi connectivity index (χ1) is 10.1. The topological polar surface area (TPSA) is 40.2 Å². The van der Waals surface area contributed by atoms with Crippen LogP contribution in [0.2, 0.25) is 0 Å². The average Bonchev–Trinajstić information content (AvgIpc) is 2.84. The number of rotatable bonds is 4. The van der Waals surface area contributed by atoms with Crippen molar-refractivity contribution in [2.24, 2.45) is 0 Å². The van der Waals surface area contributed by atoms with Crippen LogP contribution in [0.25, 0.3) is 10.9 Å². The van der Waals surface area contributed by atoms with Crippen molar-refractivity contribution in [3.05, 3.63) is 60.3 Å². The first-order valence-corrected chi connectivity index (χ1v) is 7.22. The first kappa shape index (κ1) is 13.6. The van der Waals surface area contributed by atoms with Gasteiger partial charge in [0.2, 0.25) is 0 Å². The van der Waals surface area contributed by atoms with Gasteiger partial charge in [0.05, 0.1) is 5.52 Å². The minimum atomic E-state index is 0.389. The lowest BCUT2D eigenvalue weighted by Gasteiger charge is -2.09. The Morgan fingerprint density at radius 1 is 1.10 bits per heavy atom. The molecule has 0 amide bonds. The number of nitrogens with two attached hydrogens (primary N) is 1. The van der Waals surface area contributed by atoms with Gasteiger partial charge in [-0.2, -0.15) is 0 Å². The van der Waals surface area contributed by atoms with Crippen LogP contribution in [0.15, 0.2) is 54.7 Å². The Morgan fingerprint density at radius 3 is 2.57 bits per heavy atom. The zero-order chi connectivity index (χ0) is 14.8. The van der Waals surface area contributed by atoms with Gasteiger partial charge in [0, 0.05) is 28.9 Å². The van der Waals surface area contributed by atoms with Gasteiger partial charge in [-0.3, -0.25) is 0 Å². The van der Waals surface area contributed by atoms with E-state index in [4.69, 9.17) is 10.5 Å². The van der Waals surface area contributed by atoms with E-state index in [-0.39, 0.29) is 0 Å². The van der Waals surface area contributed by atoms with Crippen molar-refractivity contribution >= 4 is 16.6 Å². The molecule has 0 bridgehead atoms. The monoisotopic (exact) mass is 280 g/mol. The molecule has 3 rings (SSSR count). The Kier molecular flexibility index (Phi) is 3.57. The highest BCUT2D eigenvalue weighted by atomic mass is 16.5. The second kappa shape index (κ2) is 5.52. The van der Waals surface area contributed by atoms with E-state index in [1.807, 2.05) is 42.5 Å². The van der Waals surface area contributed by atoms with Gasteiger partial charge in [-0.05, 0) is 38.1 Å². The predicted octanol–water partition coefficient (Wildman–Crippen LogP) is 4.38. The number of anilines is 1. The van der Waals surface area contributed by atoms with Gasteiger partial charge >= 0.3 is 0 Å². The van der Waals surface area contributed by atoms with E-state index >= 15 is 0 Å². The molecule has 0 fully saturated rings. The maximum Gasteiger partial charge on any atom is 0.119 e. The summed E-state index contributed by atoms with van der Waals surface area (Å²) in [5, 5.41) is 1.20. The molecule has 2 aromatic carbocycles. The summed E-state index contributed by atoms with van der Waals surface area (Å²) < 4.78 is 8.12. The number of nitrogen functional groups attached to an aromatic ring is 1. The molecule has 0 saturated carbocycles. The summed E-state index contributed by atoms with van der Waals surface area (Å²) in [6.45, 7) is 4.90. The van der Waals surface area contributed by atoms with Crippen LogP contribution in [0.1, 0.15) is 25.5 Å². The van der Waals surface area contributed by atoms with Gasteiger partial charge in [0.1, 0.15) is 12.4 Å². The average molecular weight is 280 g/mol. The van der Waals surface area contributed by atoms with Gasteiger partial charge in [-0.15, -0.1) is 0 Å². The minimum Gasteiger partial charge on any atom is -0.489 e. The number of aromatic nitrogens is 1. The largest absolute Gasteiger partial charge is 0.489 e. The Bertz CT molecular complexity index is 745. The number of nitrogens with zero attached hydrogens (tertiary/aromatic N) is 1. The summed E-state index contributed by atoms with van der Waals surface area (Å²) in [4.78, 5) is 0. The molecule has 0 aliphatic carbocycles. The van der Waals surface area contributed by atoms with Crippen LogP contribution in [0.5, 0.6) is 5.75 Å². The van der Waals surface area contributed by atoms with E-state index in [0.717, 1.165) is 17.0 Å². The molecule has 2 N–H and O–H groups in total. The van der Waals surface area contributed by atoms with Crippen LogP contribution < -0.4 is 10.5 Å². The van der Waals surface area contributed by atoms with Crippen molar-refractivity contribution in [1.29, 1.82) is 0 Å². The molecule has 0 aliphatic heterocycles. The lowest BCUT2D eigenvalue weighted by Crippen LogP contribution is -1.99. The number of benzene rings is 2. The van der Waals surface area contributed by atoms with Gasteiger partial charge < -0.3 is 15.0 Å². The van der Waals surface area contributed by atoms with E-state index in [0.29, 0.717) is 12.6 Å². The SMILES string of the molecule is CC(C)n1cc(COc2ccccc2)c2ccc(N)cc21. The highest BCUT2D eigenvalue weighted by Crippen LogP contribution is 2.27. The molecule has 21 heavy (non-hydrogen) atoms. The fourth-order valence-electron chi connectivity index (χ4n) is 2.56. The van der Waals surface area contributed by atoms with Gasteiger partial charge in [-0.1, -0.05) is 24.3 Å². The number of fused-ring (bicyclic) bond motifs is 1. The van der Waals surface area contributed by atoms with Crippen molar-refractivity contribution in [3.8, 4) is 5.75 Å². The predicted molar refractivity (Wildman–Crippen MR) is 87.5 cm³/mol. The number of ether oxygens (including phenoxy) is 1. The molecule has 0 aliphatic rings. The third kappa shape index (κ3) is 2.72. The van der Waals surface area contributed by atoms with E-state index in [2.05, 4.69) is 30.7 Å². The van der Waals surface area contributed by atoms with Crippen LogP contribution >= 0.6 is 0 Å². The van der Waals surface area contributed by atoms with Crippen molar-refractivity contribution in [2.45, 2.75) is 26.5 Å². The summed E-state index contributed by atoms with van der Waals surface area (Å²) in [6.07, 6.45) is 2.16. The molecule has 0 unspecified atom stereocenters. The molecule has 1 heterocycles. The fraction of sp³-hybridized carbons (Fsp3) is 0.222. The normalized spacial score (nSPS) is 11.2. The molecule has 3 nitrogen and oxygen atoms in total. The lowest BCUT2D eigenvalue weighted by molar-refractivity contribution is 0.307. The highest BCUT2D eigenvalue weighted by Gasteiger charge is 2.11. The molecule has 0 atom stereocenters. The van der Waals surface area contributed by atoms with Crippen LogP contribution in [0.4, 0.5) is 5.69 Å². The van der Waals surface area contributed by atoms with Crippen molar-refractivity contribution < 1.29 is 4.74 Å². The van der Waals surface area contributed by atoms with Crippen molar-refractivity contribution in [2.75, 3.05) is 5.73 Å². The third-order valence-electron chi connectivity index (χ3n) is 3.63. The molecular weight excluding hydrogens is 260 g/mol. The number of hydrogen-bond acceptors (Lipinski definition) is 2. The smallest absolute Gasteiger partial charge is 0.119 e. The zero-order valence-electron chi connectivity index (χ0n) is 12.4. The fourth-order valence-corrected chi connectivity index (χ4v) is 2.56. The van der Waals surface area contributed by atoms with Crippen LogP contribution in [0, 0.1) is 0 Å². The van der Waals surface area contributed by atoms with E-state index in [9.17, 15) is 0 Å². The van der Waals surface area contributed by atoms with E-state index < -0.39 is 0 Å². The lowest BCUT2D eigenvalue weighted by atomic mass is 10.1. The maximum absolute atomic E-state index is 5.92. The minimum absolute atomic E-state index is 0.389. The van der Waals surface area contributed by atoms with Crippen molar-refractivity contribution in [1.82, 2.24) is 4.57 Å². The molecule has 0 spiro atoms. The molecule has 1 aromatic heterocycles. The van der Waals surface area contributed by atoms with Gasteiger partial charge in [-0.25, -0.2) is 0 Å².